The Kier molecular flexibility index (Phi) is 5.54. The van der Waals surface area contributed by atoms with E-state index in [0.29, 0.717) is 0 Å². The molecule has 3 heteroatoms. The van der Waals surface area contributed by atoms with Gasteiger partial charge in [0, 0.05) is 0 Å². The van der Waals surface area contributed by atoms with Crippen molar-refractivity contribution in [3.63, 3.8) is 0 Å². The molecule has 0 bridgehead atoms. The molecule has 0 aromatic heterocycles. The normalized spacial score (nSPS) is 14.4. The molecule has 1 saturated heterocycles. The summed E-state index contributed by atoms with van der Waals surface area (Å²) in [6.45, 7) is 2.12. The van der Waals surface area contributed by atoms with Gasteiger partial charge in [-0.25, -0.2) is 4.39 Å². The van der Waals surface area contributed by atoms with Gasteiger partial charge in [-0.05, 0) is 54.8 Å². The molecule has 1 aliphatic rings. The molecule has 0 amide bonds. The maximum atomic E-state index is 13.1. The molecule has 0 atom stereocenters. The van der Waals surface area contributed by atoms with Crippen LogP contribution in [0.4, 0.5) is 4.39 Å². The lowest BCUT2D eigenvalue weighted by molar-refractivity contribution is 0.613. The summed E-state index contributed by atoms with van der Waals surface area (Å²) in [5.74, 6) is -0.192. The summed E-state index contributed by atoms with van der Waals surface area (Å²) < 4.78 is 13.1. The van der Waals surface area contributed by atoms with E-state index >= 15 is 0 Å². The van der Waals surface area contributed by atoms with E-state index in [1.165, 1.54) is 28.8 Å². The lowest BCUT2D eigenvalue weighted by Gasteiger charge is -2.16. The van der Waals surface area contributed by atoms with Crippen LogP contribution in [0.3, 0.4) is 0 Å². The SMILES string of the molecule is Cl.Fc1ccc(-c2ccccc2C=C2CCNCC2)cc1. The molecule has 1 aliphatic heterocycles. The first kappa shape index (κ1) is 15.7. The fourth-order valence-electron chi connectivity index (χ4n) is 2.63. The lowest BCUT2D eigenvalue weighted by Crippen LogP contribution is -2.22. The minimum absolute atomic E-state index is 0. The van der Waals surface area contributed by atoms with Crippen molar-refractivity contribution < 1.29 is 4.39 Å². The smallest absolute Gasteiger partial charge is 0.123 e. The Morgan fingerprint density at radius 1 is 0.905 bits per heavy atom. The monoisotopic (exact) mass is 303 g/mol. The van der Waals surface area contributed by atoms with Crippen LogP contribution in [0.5, 0.6) is 0 Å². The molecule has 0 radical (unpaired) electrons. The second-order valence-electron chi connectivity index (χ2n) is 5.15. The molecule has 0 spiro atoms. The summed E-state index contributed by atoms with van der Waals surface area (Å²) in [6, 6.07) is 15.0. The van der Waals surface area contributed by atoms with Gasteiger partial charge in [0.1, 0.15) is 5.82 Å². The average Bonchev–Trinajstić information content (AvgIpc) is 2.50. The topological polar surface area (TPSA) is 12.0 Å². The second-order valence-corrected chi connectivity index (χ2v) is 5.15. The van der Waals surface area contributed by atoms with Crippen LogP contribution in [-0.4, -0.2) is 13.1 Å². The Morgan fingerprint density at radius 2 is 1.57 bits per heavy atom. The van der Waals surface area contributed by atoms with E-state index in [9.17, 15) is 4.39 Å². The highest BCUT2D eigenvalue weighted by Gasteiger charge is 2.07. The summed E-state index contributed by atoms with van der Waals surface area (Å²) in [7, 11) is 0. The van der Waals surface area contributed by atoms with E-state index in [1.54, 1.807) is 0 Å². The standard InChI is InChI=1S/C18H18FN.ClH/c19-17-7-5-15(6-8-17)18-4-2-1-3-16(18)13-14-9-11-20-12-10-14;/h1-8,13,20H,9-12H2;1H. The van der Waals surface area contributed by atoms with Crippen LogP contribution < -0.4 is 5.32 Å². The van der Waals surface area contributed by atoms with Crippen LogP contribution in [0.1, 0.15) is 18.4 Å². The predicted octanol–water partition coefficient (Wildman–Crippen LogP) is 4.68. The average molecular weight is 304 g/mol. The summed E-state index contributed by atoms with van der Waals surface area (Å²) in [5.41, 5.74) is 4.93. The predicted molar refractivity (Wildman–Crippen MR) is 89.2 cm³/mol. The highest BCUT2D eigenvalue weighted by Crippen LogP contribution is 2.27. The zero-order chi connectivity index (χ0) is 13.8. The number of hydrogen-bond donors (Lipinski definition) is 1. The first-order valence-electron chi connectivity index (χ1n) is 7.08. The minimum Gasteiger partial charge on any atom is -0.316 e. The molecule has 1 heterocycles. The zero-order valence-corrected chi connectivity index (χ0v) is 12.6. The molecular formula is C18H19ClFN. The molecule has 2 aromatic rings. The van der Waals surface area contributed by atoms with Gasteiger partial charge in [-0.15, -0.1) is 12.4 Å². The van der Waals surface area contributed by atoms with Crippen molar-refractivity contribution in [2.75, 3.05) is 13.1 Å². The molecule has 0 unspecified atom stereocenters. The summed E-state index contributed by atoms with van der Waals surface area (Å²) in [4.78, 5) is 0. The van der Waals surface area contributed by atoms with Crippen molar-refractivity contribution in [3.05, 3.63) is 65.5 Å². The van der Waals surface area contributed by atoms with Crippen LogP contribution in [0.2, 0.25) is 0 Å². The number of rotatable bonds is 2. The zero-order valence-electron chi connectivity index (χ0n) is 11.8. The van der Waals surface area contributed by atoms with Crippen LogP contribution in [0.15, 0.2) is 54.1 Å². The fourth-order valence-corrected chi connectivity index (χ4v) is 2.63. The summed E-state index contributed by atoms with van der Waals surface area (Å²) in [5, 5.41) is 3.37. The Hall–Kier alpha value is -1.64. The maximum absolute atomic E-state index is 13.1. The van der Waals surface area contributed by atoms with Gasteiger partial charge in [0.05, 0.1) is 0 Å². The third-order valence-electron chi connectivity index (χ3n) is 3.72. The fraction of sp³-hybridized carbons (Fsp3) is 0.222. The molecule has 1 nitrogen and oxygen atoms in total. The van der Waals surface area contributed by atoms with Gasteiger partial charge in [-0.1, -0.05) is 48.0 Å². The van der Waals surface area contributed by atoms with Crippen LogP contribution in [0.25, 0.3) is 17.2 Å². The Balaban J connectivity index is 0.00000161. The highest BCUT2D eigenvalue weighted by atomic mass is 35.5. The largest absolute Gasteiger partial charge is 0.316 e. The highest BCUT2D eigenvalue weighted by molar-refractivity contribution is 5.85. The number of piperidine rings is 1. The molecule has 0 saturated carbocycles. The van der Waals surface area contributed by atoms with Crippen LogP contribution in [0, 0.1) is 5.82 Å². The molecule has 2 aromatic carbocycles. The quantitative estimate of drug-likeness (QED) is 0.849. The summed E-state index contributed by atoms with van der Waals surface area (Å²) >= 11 is 0. The first-order chi connectivity index (χ1) is 9.83. The van der Waals surface area contributed by atoms with Gasteiger partial charge in [0.2, 0.25) is 0 Å². The third-order valence-corrected chi connectivity index (χ3v) is 3.72. The second kappa shape index (κ2) is 7.39. The summed E-state index contributed by atoms with van der Waals surface area (Å²) in [6.07, 6.45) is 4.51. The first-order valence-corrected chi connectivity index (χ1v) is 7.08. The Labute approximate surface area is 131 Å². The van der Waals surface area contributed by atoms with Gasteiger partial charge in [-0.3, -0.25) is 0 Å². The molecular weight excluding hydrogens is 285 g/mol. The van der Waals surface area contributed by atoms with Crippen molar-refractivity contribution in [3.8, 4) is 11.1 Å². The van der Waals surface area contributed by atoms with Crippen LogP contribution in [-0.2, 0) is 0 Å². The molecule has 110 valence electrons. The molecule has 3 rings (SSSR count). The number of halogens is 2. The van der Waals surface area contributed by atoms with Crippen molar-refractivity contribution in [2.45, 2.75) is 12.8 Å². The van der Waals surface area contributed by atoms with Crippen molar-refractivity contribution in [1.82, 2.24) is 5.32 Å². The van der Waals surface area contributed by atoms with Gasteiger partial charge >= 0.3 is 0 Å². The van der Waals surface area contributed by atoms with E-state index in [4.69, 9.17) is 0 Å². The molecule has 21 heavy (non-hydrogen) atoms. The van der Waals surface area contributed by atoms with E-state index < -0.39 is 0 Å². The van der Waals surface area contributed by atoms with Gasteiger partial charge in [-0.2, -0.15) is 0 Å². The number of nitrogens with one attached hydrogen (secondary N) is 1. The Bertz CT molecular complexity index is 611. The van der Waals surface area contributed by atoms with Crippen molar-refractivity contribution in [1.29, 1.82) is 0 Å². The van der Waals surface area contributed by atoms with Crippen molar-refractivity contribution in [2.24, 2.45) is 0 Å². The molecule has 1 N–H and O–H groups in total. The maximum Gasteiger partial charge on any atom is 0.123 e. The van der Waals surface area contributed by atoms with Crippen LogP contribution >= 0.6 is 12.4 Å². The van der Waals surface area contributed by atoms with Gasteiger partial charge in [0.25, 0.3) is 0 Å². The Morgan fingerprint density at radius 3 is 2.29 bits per heavy atom. The van der Waals surface area contributed by atoms with Gasteiger partial charge < -0.3 is 5.32 Å². The van der Waals surface area contributed by atoms with E-state index in [0.717, 1.165) is 31.5 Å². The van der Waals surface area contributed by atoms with E-state index in [1.807, 2.05) is 18.2 Å². The van der Waals surface area contributed by atoms with Gasteiger partial charge in [0.15, 0.2) is 0 Å². The van der Waals surface area contributed by atoms with E-state index in [-0.39, 0.29) is 18.2 Å². The molecule has 0 aliphatic carbocycles. The third kappa shape index (κ3) is 3.93. The lowest BCUT2D eigenvalue weighted by atomic mass is 9.95. The van der Waals surface area contributed by atoms with Crippen molar-refractivity contribution >= 4 is 18.5 Å². The number of hydrogen-bond acceptors (Lipinski definition) is 1. The minimum atomic E-state index is -0.192. The van der Waals surface area contributed by atoms with E-state index in [2.05, 4.69) is 29.6 Å². The molecule has 1 fully saturated rings. The number of benzene rings is 2.